The first-order valence-electron chi connectivity index (χ1n) is 6.94. The summed E-state index contributed by atoms with van der Waals surface area (Å²) < 4.78 is 54.7. The Kier molecular flexibility index (Phi) is 5.83. The van der Waals surface area contributed by atoms with Crippen LogP contribution in [0.15, 0.2) is 53.2 Å². The third-order valence-corrected chi connectivity index (χ3v) is 3.13. The number of hydrogen-bond acceptors (Lipinski definition) is 6. The van der Waals surface area contributed by atoms with Crippen LogP contribution in [0.4, 0.5) is 4.39 Å². The average Bonchev–Trinajstić information content (AvgIpc) is 2.89. The molecule has 9 heteroatoms. The van der Waals surface area contributed by atoms with Crippen molar-refractivity contribution >= 4 is 0 Å². The van der Waals surface area contributed by atoms with Gasteiger partial charge in [-0.05, 0) is 31.2 Å². The second-order valence-electron chi connectivity index (χ2n) is 5.07. The van der Waals surface area contributed by atoms with Crippen LogP contribution in [0.25, 0.3) is 22.8 Å². The lowest BCUT2D eigenvalue weighted by atomic mass is 10.1. The maximum Gasteiger partial charge on any atom is 0.227 e. The van der Waals surface area contributed by atoms with Crippen LogP contribution >= 0.6 is 0 Å². The van der Waals surface area contributed by atoms with Gasteiger partial charge in [0, 0.05) is 23.3 Å². The predicted molar refractivity (Wildman–Crippen MR) is 73.2 cm³/mol. The van der Waals surface area contributed by atoms with Gasteiger partial charge in [-0.25, -0.2) is 32.6 Å². The van der Waals surface area contributed by atoms with Crippen LogP contribution in [0, 0.1) is 23.0 Å². The van der Waals surface area contributed by atoms with E-state index in [2.05, 4.69) is 4.98 Å². The van der Waals surface area contributed by atoms with Crippen molar-refractivity contribution in [3.8, 4) is 22.8 Å². The van der Waals surface area contributed by atoms with Crippen LogP contribution < -0.4 is 23.2 Å². The molecule has 3 rings (SSSR count). The first kappa shape index (κ1) is 19.0. The van der Waals surface area contributed by atoms with Gasteiger partial charge in [0.15, 0.2) is 18.2 Å². The molecule has 1 aromatic carbocycles. The molecular formula is C16H14ClFN2O5. The van der Waals surface area contributed by atoms with Crippen LogP contribution in [0.5, 0.6) is 0 Å². The number of pyridine rings is 1. The number of nitrogens with zero attached hydrogens (tertiary/aromatic N) is 2. The molecule has 0 aliphatic rings. The van der Waals surface area contributed by atoms with E-state index in [9.17, 15) is 4.39 Å². The molecule has 0 spiro atoms. The molecule has 0 aliphatic heterocycles. The van der Waals surface area contributed by atoms with E-state index >= 15 is 0 Å². The SMILES string of the molecule is Cc1nc(-c2cc[n+](C)cc2)oc1-c1ccc(F)cc1.[O-][Cl+3]([O-])([O-])[O-]. The molecule has 0 atom stereocenters. The van der Waals surface area contributed by atoms with E-state index in [4.69, 9.17) is 23.1 Å². The standard InChI is InChI=1S/C16H14FN2O.ClHO4/c1-11-15(12-3-5-14(17)6-4-12)20-16(18-11)13-7-9-19(2)10-8-13;2-1(3,4)5/h3-10H,1-2H3;(H,2,3,4,5)/q+1;/p-1. The van der Waals surface area contributed by atoms with E-state index < -0.39 is 10.2 Å². The van der Waals surface area contributed by atoms with Crippen LogP contribution in [0.2, 0.25) is 0 Å². The van der Waals surface area contributed by atoms with Gasteiger partial charge in [-0.1, -0.05) is 0 Å². The molecule has 0 amide bonds. The van der Waals surface area contributed by atoms with Crippen LogP contribution in [-0.2, 0) is 7.05 Å². The minimum absolute atomic E-state index is 0.262. The van der Waals surface area contributed by atoms with Crippen molar-refractivity contribution < 1.29 is 42.3 Å². The van der Waals surface area contributed by atoms with Crippen molar-refractivity contribution in [2.75, 3.05) is 0 Å². The summed E-state index contributed by atoms with van der Waals surface area (Å²) in [6.45, 7) is 1.88. The summed E-state index contributed by atoms with van der Waals surface area (Å²) in [5, 5.41) is 0. The second kappa shape index (κ2) is 7.68. The van der Waals surface area contributed by atoms with Crippen molar-refractivity contribution in [3.63, 3.8) is 0 Å². The first-order chi connectivity index (χ1) is 11.6. The van der Waals surface area contributed by atoms with Crippen molar-refractivity contribution in [1.82, 2.24) is 4.98 Å². The molecule has 3 aromatic rings. The summed E-state index contributed by atoms with van der Waals surface area (Å²) in [6.07, 6.45) is 3.87. The molecular weight excluding hydrogens is 355 g/mol. The lowest BCUT2D eigenvalue weighted by Crippen LogP contribution is -2.68. The fourth-order valence-corrected chi connectivity index (χ4v) is 2.03. The maximum absolute atomic E-state index is 13.0. The number of rotatable bonds is 2. The van der Waals surface area contributed by atoms with E-state index in [1.54, 1.807) is 12.1 Å². The molecule has 25 heavy (non-hydrogen) atoms. The van der Waals surface area contributed by atoms with Gasteiger partial charge in [0.25, 0.3) is 0 Å². The zero-order valence-electron chi connectivity index (χ0n) is 13.3. The molecule has 0 N–H and O–H groups in total. The Labute approximate surface area is 145 Å². The molecule has 0 saturated carbocycles. The van der Waals surface area contributed by atoms with Gasteiger partial charge in [0.1, 0.15) is 12.9 Å². The lowest BCUT2D eigenvalue weighted by Gasteiger charge is -2.17. The van der Waals surface area contributed by atoms with E-state index in [1.165, 1.54) is 12.1 Å². The maximum atomic E-state index is 13.0. The van der Waals surface area contributed by atoms with E-state index in [0.717, 1.165) is 16.8 Å². The largest absolute Gasteiger partial charge is 0.436 e. The van der Waals surface area contributed by atoms with Gasteiger partial charge in [-0.3, -0.25) is 0 Å². The van der Waals surface area contributed by atoms with Crippen molar-refractivity contribution in [3.05, 3.63) is 60.3 Å². The fourth-order valence-electron chi connectivity index (χ4n) is 2.03. The lowest BCUT2D eigenvalue weighted by molar-refractivity contribution is -2.00. The van der Waals surface area contributed by atoms with Crippen molar-refractivity contribution in [1.29, 1.82) is 0 Å². The van der Waals surface area contributed by atoms with Gasteiger partial charge >= 0.3 is 0 Å². The monoisotopic (exact) mass is 368 g/mol. The van der Waals surface area contributed by atoms with E-state index in [1.807, 2.05) is 43.1 Å². The molecule has 132 valence electrons. The highest BCUT2D eigenvalue weighted by Gasteiger charge is 2.13. The summed E-state index contributed by atoms with van der Waals surface area (Å²) in [5.74, 6) is 0.984. The Morgan fingerprint density at radius 3 is 2.00 bits per heavy atom. The normalized spacial score (nSPS) is 11.0. The highest BCUT2D eigenvalue weighted by Crippen LogP contribution is 2.29. The minimum Gasteiger partial charge on any atom is -0.436 e. The number of hydrogen-bond donors (Lipinski definition) is 0. The molecule has 0 unspecified atom stereocenters. The number of halogens is 2. The third kappa shape index (κ3) is 5.89. The summed E-state index contributed by atoms with van der Waals surface area (Å²) >= 11 is 0. The van der Waals surface area contributed by atoms with Crippen LogP contribution in [0.1, 0.15) is 5.69 Å². The van der Waals surface area contributed by atoms with Crippen molar-refractivity contribution in [2.24, 2.45) is 7.05 Å². The minimum atomic E-state index is -4.94. The quantitative estimate of drug-likeness (QED) is 0.509. The first-order valence-corrected chi connectivity index (χ1v) is 8.18. The Balaban J connectivity index is 0.000000399. The summed E-state index contributed by atoms with van der Waals surface area (Å²) in [6, 6.07) is 10.1. The Hall–Kier alpha value is -2.36. The predicted octanol–water partition coefficient (Wildman–Crippen LogP) is -1.48. The van der Waals surface area contributed by atoms with Gasteiger partial charge in [0.2, 0.25) is 5.89 Å². The molecule has 0 fully saturated rings. The van der Waals surface area contributed by atoms with Crippen LogP contribution in [-0.4, -0.2) is 4.98 Å². The molecule has 0 saturated heterocycles. The summed E-state index contributed by atoms with van der Waals surface area (Å²) in [5.41, 5.74) is 2.53. The zero-order valence-corrected chi connectivity index (χ0v) is 14.1. The molecule has 0 bridgehead atoms. The fraction of sp³-hybridized carbons (Fsp3) is 0.125. The Morgan fingerprint density at radius 2 is 1.48 bits per heavy atom. The average molecular weight is 369 g/mol. The van der Waals surface area contributed by atoms with Gasteiger partial charge in [0.05, 0.1) is 5.69 Å². The third-order valence-electron chi connectivity index (χ3n) is 3.13. The molecule has 7 nitrogen and oxygen atoms in total. The number of aryl methyl sites for hydroxylation is 2. The summed E-state index contributed by atoms with van der Waals surface area (Å²) in [4.78, 5) is 4.44. The van der Waals surface area contributed by atoms with E-state index in [0.29, 0.717) is 11.7 Å². The van der Waals surface area contributed by atoms with E-state index in [-0.39, 0.29) is 5.82 Å². The Morgan fingerprint density at radius 1 is 0.960 bits per heavy atom. The number of benzene rings is 1. The van der Waals surface area contributed by atoms with Crippen molar-refractivity contribution in [2.45, 2.75) is 6.92 Å². The zero-order chi connectivity index (χ0) is 18.6. The van der Waals surface area contributed by atoms with Gasteiger partial charge in [-0.2, -0.15) is 0 Å². The van der Waals surface area contributed by atoms with Gasteiger partial charge < -0.3 is 4.42 Å². The molecule has 0 aliphatic carbocycles. The molecule has 0 radical (unpaired) electrons. The highest BCUT2D eigenvalue weighted by atomic mass is 35.7. The Bertz CT molecular complexity index is 823. The smallest absolute Gasteiger partial charge is 0.227 e. The van der Waals surface area contributed by atoms with Gasteiger partial charge in [-0.15, -0.1) is 10.2 Å². The second-order valence-corrected chi connectivity index (χ2v) is 5.83. The molecule has 2 aromatic heterocycles. The topological polar surface area (TPSA) is 122 Å². The summed E-state index contributed by atoms with van der Waals surface area (Å²) in [7, 11) is -2.99. The molecule has 2 heterocycles. The number of aromatic nitrogens is 2. The van der Waals surface area contributed by atoms with Crippen LogP contribution in [0.3, 0.4) is 0 Å². The number of oxazole rings is 1. The highest BCUT2D eigenvalue weighted by molar-refractivity contribution is 5.63.